The molecule has 2 aromatic rings. The van der Waals surface area contributed by atoms with Crippen LogP contribution in [-0.2, 0) is 4.79 Å². The average molecular weight is 302 g/mol. The number of amides is 1. The normalized spacial score (nSPS) is 18.1. The molecular formula is C17H22N2OS. The monoisotopic (exact) mass is 302 g/mol. The first-order valence-corrected chi connectivity index (χ1v) is 8.65. The Hall–Kier alpha value is -1.42. The maximum atomic E-state index is 12.2. The van der Waals surface area contributed by atoms with Crippen LogP contribution in [0.2, 0.25) is 0 Å². The molecule has 4 heteroatoms. The molecular weight excluding hydrogens is 280 g/mol. The Kier molecular flexibility index (Phi) is 4.24. The molecule has 0 N–H and O–H groups in total. The zero-order chi connectivity index (χ0) is 14.8. The van der Waals surface area contributed by atoms with Crippen molar-refractivity contribution in [2.24, 2.45) is 5.92 Å². The maximum absolute atomic E-state index is 12.2. The average Bonchev–Trinajstić information content (AvgIpc) is 2.97. The number of para-hydroxylation sites is 1. The van der Waals surface area contributed by atoms with Crippen molar-refractivity contribution in [1.29, 1.82) is 0 Å². The molecule has 1 unspecified atom stereocenters. The summed E-state index contributed by atoms with van der Waals surface area (Å²) in [6, 6.07) is 8.33. The summed E-state index contributed by atoms with van der Waals surface area (Å²) in [5.41, 5.74) is 1.11. The second kappa shape index (κ2) is 6.14. The number of likely N-dealkylation sites (tertiary alicyclic amines) is 1. The minimum absolute atomic E-state index is 0.156. The number of nitrogens with zero attached hydrogens (tertiary/aromatic N) is 2. The highest BCUT2D eigenvalue weighted by Crippen LogP contribution is 2.34. The number of piperidine rings is 1. The fourth-order valence-electron chi connectivity index (χ4n) is 2.90. The van der Waals surface area contributed by atoms with Crippen molar-refractivity contribution in [2.45, 2.75) is 39.0 Å². The van der Waals surface area contributed by atoms with Crippen LogP contribution in [0, 0.1) is 5.92 Å². The smallest absolute Gasteiger partial charge is 0.225 e. The van der Waals surface area contributed by atoms with E-state index < -0.39 is 0 Å². The third-order valence-corrected chi connectivity index (χ3v) is 5.70. The summed E-state index contributed by atoms with van der Waals surface area (Å²) in [5.74, 6) is 0.993. The first kappa shape index (κ1) is 14.5. The summed E-state index contributed by atoms with van der Waals surface area (Å²) in [6.45, 7) is 5.87. The minimum atomic E-state index is 0.156. The summed E-state index contributed by atoms with van der Waals surface area (Å²) < 4.78 is 1.27. The van der Waals surface area contributed by atoms with Crippen molar-refractivity contribution < 1.29 is 4.79 Å². The van der Waals surface area contributed by atoms with Crippen molar-refractivity contribution in [3.05, 3.63) is 29.3 Å². The molecule has 0 radical (unpaired) electrons. The van der Waals surface area contributed by atoms with E-state index in [4.69, 9.17) is 4.98 Å². The second-order valence-corrected chi connectivity index (χ2v) is 6.99. The quantitative estimate of drug-likeness (QED) is 0.857. The Labute approximate surface area is 130 Å². The van der Waals surface area contributed by atoms with Crippen LogP contribution in [0.4, 0.5) is 0 Å². The van der Waals surface area contributed by atoms with Gasteiger partial charge in [0.25, 0.3) is 0 Å². The lowest BCUT2D eigenvalue weighted by molar-refractivity contribution is -0.136. The second-order valence-electron chi connectivity index (χ2n) is 5.93. The number of carbonyl (C=O) groups is 1. The van der Waals surface area contributed by atoms with Gasteiger partial charge in [0, 0.05) is 24.9 Å². The SMILES string of the molecule is CCC(C)C(=O)N1CCC(c2nc3ccccc3s2)CC1. The zero-order valence-corrected chi connectivity index (χ0v) is 13.5. The number of rotatable bonds is 3. The molecule has 1 aromatic heterocycles. The Balaban J connectivity index is 1.67. The molecule has 1 aromatic carbocycles. The molecule has 21 heavy (non-hydrogen) atoms. The highest BCUT2D eigenvalue weighted by Gasteiger charge is 2.27. The van der Waals surface area contributed by atoms with E-state index in [1.165, 1.54) is 9.71 Å². The van der Waals surface area contributed by atoms with Gasteiger partial charge in [-0.2, -0.15) is 0 Å². The first-order chi connectivity index (χ1) is 10.2. The van der Waals surface area contributed by atoms with Crippen LogP contribution < -0.4 is 0 Å². The number of thiazole rings is 1. The van der Waals surface area contributed by atoms with Gasteiger partial charge in [0.1, 0.15) is 0 Å². The van der Waals surface area contributed by atoms with Crippen molar-refractivity contribution in [3.63, 3.8) is 0 Å². The molecule has 0 aliphatic carbocycles. The molecule has 0 saturated carbocycles. The minimum Gasteiger partial charge on any atom is -0.342 e. The highest BCUT2D eigenvalue weighted by molar-refractivity contribution is 7.18. The fraction of sp³-hybridized carbons (Fsp3) is 0.529. The molecule has 0 spiro atoms. The van der Waals surface area contributed by atoms with Crippen LogP contribution in [-0.4, -0.2) is 28.9 Å². The van der Waals surface area contributed by atoms with Crippen LogP contribution in [0.3, 0.4) is 0 Å². The molecule has 1 aliphatic heterocycles. The van der Waals surface area contributed by atoms with Gasteiger partial charge in [0.2, 0.25) is 5.91 Å². The van der Waals surface area contributed by atoms with Gasteiger partial charge in [-0.3, -0.25) is 4.79 Å². The zero-order valence-electron chi connectivity index (χ0n) is 12.7. The molecule has 1 aliphatic rings. The van der Waals surface area contributed by atoms with Crippen molar-refractivity contribution in [2.75, 3.05) is 13.1 Å². The van der Waals surface area contributed by atoms with E-state index in [-0.39, 0.29) is 5.92 Å². The topological polar surface area (TPSA) is 33.2 Å². The molecule has 1 fully saturated rings. The van der Waals surface area contributed by atoms with Gasteiger partial charge in [-0.15, -0.1) is 11.3 Å². The van der Waals surface area contributed by atoms with Crippen molar-refractivity contribution >= 4 is 27.5 Å². The molecule has 112 valence electrons. The molecule has 1 atom stereocenters. The van der Waals surface area contributed by atoms with E-state index >= 15 is 0 Å². The van der Waals surface area contributed by atoms with E-state index in [9.17, 15) is 4.79 Å². The molecule has 1 saturated heterocycles. The van der Waals surface area contributed by atoms with Crippen LogP contribution in [0.15, 0.2) is 24.3 Å². The largest absolute Gasteiger partial charge is 0.342 e. The van der Waals surface area contributed by atoms with Crippen molar-refractivity contribution in [1.82, 2.24) is 9.88 Å². The Morgan fingerprint density at radius 3 is 2.76 bits per heavy atom. The van der Waals surface area contributed by atoms with Gasteiger partial charge in [-0.25, -0.2) is 4.98 Å². The van der Waals surface area contributed by atoms with Crippen molar-refractivity contribution in [3.8, 4) is 0 Å². The fourth-order valence-corrected chi connectivity index (χ4v) is 4.03. The number of fused-ring (bicyclic) bond motifs is 1. The van der Waals surface area contributed by atoms with Crippen LogP contribution >= 0.6 is 11.3 Å². The molecule has 3 nitrogen and oxygen atoms in total. The lowest BCUT2D eigenvalue weighted by atomic mass is 9.96. The van der Waals surface area contributed by atoms with Gasteiger partial charge in [-0.05, 0) is 31.4 Å². The van der Waals surface area contributed by atoms with Gasteiger partial charge >= 0.3 is 0 Å². The van der Waals surface area contributed by atoms with Crippen LogP contribution in [0.25, 0.3) is 10.2 Å². The predicted molar refractivity (Wildman–Crippen MR) is 87.6 cm³/mol. The number of aromatic nitrogens is 1. The molecule has 3 rings (SSSR count). The lowest BCUT2D eigenvalue weighted by Gasteiger charge is -2.32. The van der Waals surface area contributed by atoms with E-state index in [1.54, 1.807) is 0 Å². The third kappa shape index (κ3) is 2.95. The Morgan fingerprint density at radius 2 is 2.10 bits per heavy atom. The third-order valence-electron chi connectivity index (χ3n) is 4.50. The summed E-state index contributed by atoms with van der Waals surface area (Å²) in [6.07, 6.45) is 3.01. The number of hydrogen-bond donors (Lipinski definition) is 0. The molecule has 2 heterocycles. The standard InChI is InChI=1S/C17H22N2OS/c1-3-12(2)17(20)19-10-8-13(9-11-19)16-18-14-6-4-5-7-15(14)21-16/h4-7,12-13H,3,8-11H2,1-2H3. The Bertz CT molecular complexity index is 596. The van der Waals surface area contributed by atoms with E-state index in [2.05, 4.69) is 25.1 Å². The maximum Gasteiger partial charge on any atom is 0.225 e. The summed E-state index contributed by atoms with van der Waals surface area (Å²) in [4.78, 5) is 19.0. The van der Waals surface area contributed by atoms with Crippen LogP contribution in [0.1, 0.15) is 44.0 Å². The van der Waals surface area contributed by atoms with E-state index in [0.29, 0.717) is 11.8 Å². The van der Waals surface area contributed by atoms with E-state index in [0.717, 1.165) is 37.9 Å². The van der Waals surface area contributed by atoms with Crippen LogP contribution in [0.5, 0.6) is 0 Å². The number of benzene rings is 1. The summed E-state index contributed by atoms with van der Waals surface area (Å²) in [5, 5.41) is 1.24. The molecule has 0 bridgehead atoms. The summed E-state index contributed by atoms with van der Waals surface area (Å²) >= 11 is 1.81. The predicted octanol–water partition coefficient (Wildman–Crippen LogP) is 4.05. The number of carbonyl (C=O) groups excluding carboxylic acids is 1. The summed E-state index contributed by atoms with van der Waals surface area (Å²) in [7, 11) is 0. The first-order valence-electron chi connectivity index (χ1n) is 7.83. The van der Waals surface area contributed by atoms with E-state index in [1.807, 2.05) is 29.2 Å². The highest BCUT2D eigenvalue weighted by atomic mass is 32.1. The molecule has 1 amide bonds. The van der Waals surface area contributed by atoms with Gasteiger partial charge in [0.05, 0.1) is 15.2 Å². The van der Waals surface area contributed by atoms with Gasteiger partial charge in [-0.1, -0.05) is 26.0 Å². The number of hydrogen-bond acceptors (Lipinski definition) is 3. The Morgan fingerprint density at radius 1 is 1.38 bits per heavy atom. The van der Waals surface area contributed by atoms with Gasteiger partial charge in [0.15, 0.2) is 0 Å². The van der Waals surface area contributed by atoms with Gasteiger partial charge < -0.3 is 4.90 Å². The lowest BCUT2D eigenvalue weighted by Crippen LogP contribution is -2.40.